The summed E-state index contributed by atoms with van der Waals surface area (Å²) in [6.45, 7) is 0.908. The summed E-state index contributed by atoms with van der Waals surface area (Å²) in [4.78, 5) is 28.1. The summed E-state index contributed by atoms with van der Waals surface area (Å²) in [7, 11) is 0. The molecule has 0 atom stereocenters. The molecule has 0 unspecified atom stereocenters. The van der Waals surface area contributed by atoms with Crippen molar-refractivity contribution in [1.82, 2.24) is 24.8 Å². The number of amides is 2. The lowest BCUT2D eigenvalue weighted by Crippen LogP contribution is -2.52. The molecule has 0 spiro atoms. The molecule has 3 aromatic rings. The van der Waals surface area contributed by atoms with Crippen molar-refractivity contribution < 1.29 is 9.59 Å². The number of nitrogens with one attached hydrogen (secondary N) is 1. The average molecular weight is 403 g/mol. The summed E-state index contributed by atoms with van der Waals surface area (Å²) in [5.74, 6) is 0.707. The largest absolute Gasteiger partial charge is 0.349 e. The molecule has 5 rings (SSSR count). The molecule has 0 saturated heterocycles. The van der Waals surface area contributed by atoms with Crippen LogP contribution in [0.5, 0.6) is 0 Å². The third kappa shape index (κ3) is 3.24. The molecule has 7 heteroatoms. The number of pyridine rings is 1. The highest BCUT2D eigenvalue weighted by Crippen LogP contribution is 2.41. The van der Waals surface area contributed by atoms with Crippen molar-refractivity contribution in [3.8, 4) is 0 Å². The molecular formula is C23H25N5O2. The van der Waals surface area contributed by atoms with E-state index in [2.05, 4.69) is 15.5 Å². The van der Waals surface area contributed by atoms with E-state index in [0.717, 1.165) is 48.9 Å². The first-order chi connectivity index (χ1) is 14.7. The van der Waals surface area contributed by atoms with Crippen molar-refractivity contribution in [1.29, 1.82) is 0 Å². The molecule has 0 radical (unpaired) electrons. The Labute approximate surface area is 175 Å². The van der Waals surface area contributed by atoms with Crippen LogP contribution >= 0.6 is 0 Å². The number of benzene rings is 1. The normalized spacial score (nSPS) is 17.9. The van der Waals surface area contributed by atoms with Crippen molar-refractivity contribution >= 4 is 17.5 Å². The van der Waals surface area contributed by atoms with Gasteiger partial charge in [-0.2, -0.15) is 0 Å². The van der Waals surface area contributed by atoms with Crippen LogP contribution in [0.3, 0.4) is 0 Å². The van der Waals surface area contributed by atoms with Crippen molar-refractivity contribution in [3.63, 3.8) is 0 Å². The number of nitrogens with zero attached hydrogens (tertiary/aromatic N) is 4. The van der Waals surface area contributed by atoms with E-state index in [9.17, 15) is 9.59 Å². The number of carbonyl (C=O) groups excluding carboxylic acids is 2. The summed E-state index contributed by atoms with van der Waals surface area (Å²) < 4.78 is 1.87. The lowest BCUT2D eigenvalue weighted by molar-refractivity contribution is -0.124. The van der Waals surface area contributed by atoms with E-state index in [4.69, 9.17) is 0 Å². The molecule has 2 aromatic heterocycles. The quantitative estimate of drug-likeness (QED) is 0.710. The Hall–Kier alpha value is -3.22. The van der Waals surface area contributed by atoms with Gasteiger partial charge < -0.3 is 10.2 Å². The highest BCUT2D eigenvalue weighted by molar-refractivity contribution is 5.99. The van der Waals surface area contributed by atoms with Crippen LogP contribution in [0.1, 0.15) is 60.3 Å². The standard InChI is InChI=1S/C23H25N5O2/c29-21(24-15-20-26-25-19-10-4-7-13-27(19)20)14-23(11-5-1-6-12-23)28-16-17-8-2-3-9-18(17)22(28)30/h2-4,7-10,13H,1,5-6,11-12,14-16H2,(H,24,29). The maximum Gasteiger partial charge on any atom is 0.254 e. The number of fused-ring (bicyclic) bond motifs is 2. The number of aromatic nitrogens is 3. The van der Waals surface area contributed by atoms with Crippen LogP contribution in [0.2, 0.25) is 0 Å². The number of carbonyl (C=O) groups is 2. The average Bonchev–Trinajstić information content (AvgIpc) is 3.35. The molecule has 1 N–H and O–H groups in total. The Morgan fingerprint density at radius 2 is 1.83 bits per heavy atom. The van der Waals surface area contributed by atoms with Gasteiger partial charge in [0, 0.05) is 24.7 Å². The maximum atomic E-state index is 13.1. The molecule has 1 aliphatic carbocycles. The molecule has 1 fully saturated rings. The van der Waals surface area contributed by atoms with Gasteiger partial charge in [-0.05, 0) is 36.6 Å². The highest BCUT2D eigenvalue weighted by Gasteiger charge is 2.45. The van der Waals surface area contributed by atoms with Crippen LogP contribution in [0, 0.1) is 0 Å². The zero-order valence-electron chi connectivity index (χ0n) is 16.9. The van der Waals surface area contributed by atoms with Crippen molar-refractivity contribution in [3.05, 3.63) is 65.6 Å². The van der Waals surface area contributed by atoms with Crippen LogP contribution in [-0.2, 0) is 17.9 Å². The lowest BCUT2D eigenvalue weighted by atomic mass is 9.77. The topological polar surface area (TPSA) is 79.6 Å². The minimum absolute atomic E-state index is 0.0478. The predicted octanol–water partition coefficient (Wildman–Crippen LogP) is 3.09. The maximum absolute atomic E-state index is 13.1. The molecule has 2 aliphatic rings. The molecule has 3 heterocycles. The van der Waals surface area contributed by atoms with Crippen LogP contribution in [0.4, 0.5) is 0 Å². The van der Waals surface area contributed by atoms with E-state index < -0.39 is 5.54 Å². The fourth-order valence-corrected chi connectivity index (χ4v) is 4.94. The first-order valence-corrected chi connectivity index (χ1v) is 10.6. The third-order valence-electron chi connectivity index (χ3n) is 6.50. The van der Waals surface area contributed by atoms with E-state index in [-0.39, 0.29) is 11.8 Å². The van der Waals surface area contributed by atoms with Gasteiger partial charge in [0.2, 0.25) is 5.91 Å². The minimum Gasteiger partial charge on any atom is -0.349 e. The van der Waals surface area contributed by atoms with E-state index >= 15 is 0 Å². The number of hydrogen-bond acceptors (Lipinski definition) is 4. The summed E-state index contributed by atoms with van der Waals surface area (Å²) in [5.41, 5.74) is 2.18. The Bertz CT molecular complexity index is 1100. The monoisotopic (exact) mass is 403 g/mol. The summed E-state index contributed by atoms with van der Waals surface area (Å²) >= 11 is 0. The van der Waals surface area contributed by atoms with Gasteiger partial charge in [0.1, 0.15) is 0 Å². The number of rotatable bonds is 5. The second-order valence-corrected chi connectivity index (χ2v) is 8.33. The van der Waals surface area contributed by atoms with Crippen LogP contribution < -0.4 is 5.32 Å². The van der Waals surface area contributed by atoms with Gasteiger partial charge in [0.15, 0.2) is 11.5 Å². The van der Waals surface area contributed by atoms with Crippen molar-refractivity contribution in [2.75, 3.05) is 0 Å². The predicted molar refractivity (Wildman–Crippen MR) is 112 cm³/mol. The van der Waals surface area contributed by atoms with Crippen molar-refractivity contribution in [2.45, 2.75) is 57.2 Å². The second-order valence-electron chi connectivity index (χ2n) is 8.33. The van der Waals surface area contributed by atoms with Gasteiger partial charge in [-0.1, -0.05) is 43.5 Å². The van der Waals surface area contributed by atoms with Crippen LogP contribution in [0.15, 0.2) is 48.7 Å². The Morgan fingerprint density at radius 1 is 1.03 bits per heavy atom. The van der Waals surface area contributed by atoms with E-state index in [1.807, 2.05) is 58.0 Å². The zero-order chi connectivity index (χ0) is 20.6. The molecule has 1 saturated carbocycles. The molecule has 1 aliphatic heterocycles. The fraction of sp³-hybridized carbons (Fsp3) is 0.391. The molecule has 7 nitrogen and oxygen atoms in total. The lowest BCUT2D eigenvalue weighted by Gasteiger charge is -2.44. The Balaban J connectivity index is 1.32. The van der Waals surface area contributed by atoms with Crippen LogP contribution in [0.25, 0.3) is 5.65 Å². The van der Waals surface area contributed by atoms with E-state index in [1.54, 1.807) is 0 Å². The first kappa shape index (κ1) is 18.8. The summed E-state index contributed by atoms with van der Waals surface area (Å²) in [5, 5.41) is 11.3. The molecule has 1 aromatic carbocycles. The fourth-order valence-electron chi connectivity index (χ4n) is 4.94. The van der Waals surface area contributed by atoms with Gasteiger partial charge >= 0.3 is 0 Å². The highest BCUT2D eigenvalue weighted by atomic mass is 16.2. The van der Waals surface area contributed by atoms with E-state index in [1.165, 1.54) is 0 Å². The minimum atomic E-state index is -0.411. The molecular weight excluding hydrogens is 378 g/mol. The number of hydrogen-bond donors (Lipinski definition) is 1. The van der Waals surface area contributed by atoms with Crippen molar-refractivity contribution in [2.24, 2.45) is 0 Å². The third-order valence-corrected chi connectivity index (χ3v) is 6.50. The first-order valence-electron chi connectivity index (χ1n) is 10.6. The summed E-state index contributed by atoms with van der Waals surface area (Å²) in [6.07, 6.45) is 7.19. The van der Waals surface area contributed by atoms with Gasteiger partial charge in [-0.15, -0.1) is 10.2 Å². The van der Waals surface area contributed by atoms with Gasteiger partial charge in [0.25, 0.3) is 5.91 Å². The molecule has 2 amide bonds. The Kier molecular flexibility index (Phi) is 4.73. The SMILES string of the molecule is O=C(CC1(N2Cc3ccccc3C2=O)CCCCC1)NCc1nnc2ccccn12. The van der Waals surface area contributed by atoms with Gasteiger partial charge in [-0.3, -0.25) is 14.0 Å². The molecule has 154 valence electrons. The van der Waals surface area contributed by atoms with Crippen LogP contribution in [-0.4, -0.2) is 36.9 Å². The Morgan fingerprint density at radius 3 is 2.67 bits per heavy atom. The zero-order valence-corrected chi connectivity index (χ0v) is 16.9. The molecule has 0 bridgehead atoms. The van der Waals surface area contributed by atoms with E-state index in [0.29, 0.717) is 25.3 Å². The van der Waals surface area contributed by atoms with Gasteiger partial charge in [-0.25, -0.2) is 0 Å². The van der Waals surface area contributed by atoms with Gasteiger partial charge in [0.05, 0.1) is 12.1 Å². The smallest absolute Gasteiger partial charge is 0.254 e. The summed E-state index contributed by atoms with van der Waals surface area (Å²) in [6, 6.07) is 13.5. The molecule has 30 heavy (non-hydrogen) atoms. The second kappa shape index (κ2) is 7.55.